The van der Waals surface area contributed by atoms with Crippen LogP contribution in [0.2, 0.25) is 0 Å². The second-order valence-electron chi connectivity index (χ2n) is 3.44. The van der Waals surface area contributed by atoms with Gasteiger partial charge in [0.15, 0.2) is 0 Å². The van der Waals surface area contributed by atoms with Gasteiger partial charge in [-0.3, -0.25) is 0 Å². The van der Waals surface area contributed by atoms with Gasteiger partial charge in [-0.2, -0.15) is 0 Å². The monoisotopic (exact) mass is 148 g/mol. The molecule has 58 valence electrons. The van der Waals surface area contributed by atoms with Crippen LogP contribution in [-0.4, -0.2) is 17.6 Å². The van der Waals surface area contributed by atoms with Crippen LogP contribution in [-0.2, 0) is 0 Å². The predicted molar refractivity (Wildman–Crippen MR) is 31.8 cm³/mol. The Balaban J connectivity index is 2.12. The van der Waals surface area contributed by atoms with Crippen molar-refractivity contribution in [2.24, 2.45) is 11.3 Å². The van der Waals surface area contributed by atoms with E-state index in [1.54, 1.807) is 0 Å². The van der Waals surface area contributed by atoms with Gasteiger partial charge in [0.05, 0.1) is 0 Å². The van der Waals surface area contributed by atoms with Crippen molar-refractivity contribution in [3.63, 3.8) is 0 Å². The van der Waals surface area contributed by atoms with Crippen LogP contribution in [0.15, 0.2) is 0 Å². The minimum absolute atomic E-state index is 0.0599. The number of aliphatic hydroxyl groups is 1. The van der Waals surface area contributed by atoms with E-state index in [0.717, 1.165) is 0 Å². The topological polar surface area (TPSA) is 20.2 Å². The molecule has 1 unspecified atom stereocenters. The minimum atomic E-state index is -2.46. The largest absolute Gasteiger partial charge is 0.396 e. The first-order valence-corrected chi connectivity index (χ1v) is 3.61. The molecular weight excluding hydrogens is 138 g/mol. The number of aliphatic hydroxyl groups excluding tert-OH is 1. The summed E-state index contributed by atoms with van der Waals surface area (Å²) in [6.07, 6.45) is 1.14. The average molecular weight is 148 g/mol. The summed E-state index contributed by atoms with van der Waals surface area (Å²) in [5.41, 5.74) is -0.748. The van der Waals surface area contributed by atoms with Crippen LogP contribution >= 0.6 is 0 Å². The fourth-order valence-corrected chi connectivity index (χ4v) is 2.02. The molecule has 3 heteroatoms. The molecule has 2 fully saturated rings. The Morgan fingerprint density at radius 2 is 2.00 bits per heavy atom. The molecule has 2 saturated carbocycles. The molecule has 0 bridgehead atoms. The van der Waals surface area contributed by atoms with Crippen molar-refractivity contribution >= 4 is 0 Å². The number of hydrogen-bond donors (Lipinski definition) is 1. The summed E-state index contributed by atoms with van der Waals surface area (Å²) in [7, 11) is 0. The molecule has 0 radical (unpaired) electrons. The minimum Gasteiger partial charge on any atom is -0.396 e. The first kappa shape index (κ1) is 6.53. The Hall–Kier alpha value is -0.180. The van der Waals surface area contributed by atoms with E-state index in [2.05, 4.69) is 0 Å². The predicted octanol–water partition coefficient (Wildman–Crippen LogP) is 1.41. The molecule has 1 nitrogen and oxygen atoms in total. The zero-order valence-corrected chi connectivity index (χ0v) is 5.61. The van der Waals surface area contributed by atoms with Crippen LogP contribution in [0.25, 0.3) is 0 Å². The van der Waals surface area contributed by atoms with E-state index in [1.165, 1.54) is 0 Å². The highest BCUT2D eigenvalue weighted by Gasteiger charge is 2.73. The van der Waals surface area contributed by atoms with Gasteiger partial charge in [-0.1, -0.05) is 0 Å². The molecule has 1 atom stereocenters. The molecule has 0 aliphatic heterocycles. The van der Waals surface area contributed by atoms with E-state index < -0.39 is 11.3 Å². The highest BCUT2D eigenvalue weighted by Crippen LogP contribution is 2.72. The van der Waals surface area contributed by atoms with E-state index in [-0.39, 0.29) is 18.9 Å². The lowest BCUT2D eigenvalue weighted by Crippen LogP contribution is -2.51. The Labute approximate surface area is 58.0 Å². The fraction of sp³-hybridized carbons (Fsp3) is 1.00. The third-order valence-electron chi connectivity index (χ3n) is 3.02. The van der Waals surface area contributed by atoms with Crippen molar-refractivity contribution in [1.29, 1.82) is 0 Å². The maximum atomic E-state index is 12.7. The van der Waals surface area contributed by atoms with E-state index >= 15 is 0 Å². The Morgan fingerprint density at radius 3 is 2.20 bits per heavy atom. The molecule has 0 aromatic rings. The van der Waals surface area contributed by atoms with Crippen LogP contribution in [0.4, 0.5) is 8.78 Å². The van der Waals surface area contributed by atoms with Gasteiger partial charge in [-0.15, -0.1) is 0 Å². The Morgan fingerprint density at radius 1 is 1.40 bits per heavy atom. The summed E-state index contributed by atoms with van der Waals surface area (Å²) in [5, 5.41) is 8.66. The highest BCUT2D eigenvalue weighted by atomic mass is 19.3. The lowest BCUT2D eigenvalue weighted by Gasteiger charge is -2.44. The maximum absolute atomic E-state index is 12.7. The second kappa shape index (κ2) is 1.52. The van der Waals surface area contributed by atoms with Gasteiger partial charge < -0.3 is 5.11 Å². The molecule has 0 amide bonds. The van der Waals surface area contributed by atoms with Crippen molar-refractivity contribution < 1.29 is 13.9 Å². The van der Waals surface area contributed by atoms with Crippen molar-refractivity contribution in [1.82, 2.24) is 0 Å². The van der Waals surface area contributed by atoms with Gasteiger partial charge >= 0.3 is 0 Å². The molecule has 0 aromatic carbocycles. The van der Waals surface area contributed by atoms with E-state index in [1.807, 2.05) is 0 Å². The summed E-state index contributed by atoms with van der Waals surface area (Å²) in [6.45, 7) is -0.0599. The third kappa shape index (κ3) is 0.506. The molecule has 2 aliphatic rings. The smallest absolute Gasteiger partial charge is 0.254 e. The molecule has 1 spiro atoms. The number of halogens is 2. The van der Waals surface area contributed by atoms with Crippen molar-refractivity contribution in [2.75, 3.05) is 6.61 Å². The van der Waals surface area contributed by atoms with E-state index in [9.17, 15) is 8.78 Å². The SMILES string of the molecule is OCC1CC(F)(F)C12CC2. The van der Waals surface area contributed by atoms with Crippen LogP contribution in [0.5, 0.6) is 0 Å². The summed E-state index contributed by atoms with van der Waals surface area (Å²) in [5.74, 6) is -2.57. The molecule has 2 aliphatic carbocycles. The number of alkyl halides is 2. The number of rotatable bonds is 1. The second-order valence-corrected chi connectivity index (χ2v) is 3.44. The quantitative estimate of drug-likeness (QED) is 0.596. The van der Waals surface area contributed by atoms with Gasteiger partial charge in [0.1, 0.15) is 0 Å². The highest BCUT2D eigenvalue weighted by molar-refractivity contribution is 5.16. The molecule has 10 heavy (non-hydrogen) atoms. The summed E-state index contributed by atoms with van der Waals surface area (Å²) in [4.78, 5) is 0. The summed E-state index contributed by atoms with van der Waals surface area (Å²) in [6, 6.07) is 0. The molecule has 0 heterocycles. The first-order valence-electron chi connectivity index (χ1n) is 3.61. The third-order valence-corrected chi connectivity index (χ3v) is 3.02. The molecular formula is C7H10F2O. The Bertz CT molecular complexity index is 163. The molecule has 0 aromatic heterocycles. The molecule has 2 rings (SSSR count). The maximum Gasteiger partial charge on any atom is 0.254 e. The number of hydrogen-bond acceptors (Lipinski definition) is 1. The fourth-order valence-electron chi connectivity index (χ4n) is 2.02. The zero-order valence-electron chi connectivity index (χ0n) is 5.61. The van der Waals surface area contributed by atoms with Crippen molar-refractivity contribution in [3.8, 4) is 0 Å². The van der Waals surface area contributed by atoms with Gasteiger partial charge in [0, 0.05) is 18.4 Å². The average Bonchev–Trinajstić information content (AvgIpc) is 2.62. The summed E-state index contributed by atoms with van der Waals surface area (Å²) < 4.78 is 25.4. The van der Waals surface area contributed by atoms with Crippen LogP contribution < -0.4 is 0 Å². The van der Waals surface area contributed by atoms with E-state index in [0.29, 0.717) is 12.8 Å². The normalized spacial score (nSPS) is 39.3. The van der Waals surface area contributed by atoms with Crippen LogP contribution in [0.3, 0.4) is 0 Å². The molecule has 1 N–H and O–H groups in total. The molecule has 0 saturated heterocycles. The van der Waals surface area contributed by atoms with Gasteiger partial charge in [-0.05, 0) is 18.8 Å². The lowest BCUT2D eigenvalue weighted by molar-refractivity contribution is -0.200. The lowest BCUT2D eigenvalue weighted by atomic mass is 9.67. The zero-order chi connectivity index (χ0) is 7.41. The Kier molecular flexibility index (Phi) is 0.994. The van der Waals surface area contributed by atoms with Gasteiger partial charge in [-0.25, -0.2) is 8.78 Å². The van der Waals surface area contributed by atoms with E-state index in [4.69, 9.17) is 5.11 Å². The van der Waals surface area contributed by atoms with Crippen molar-refractivity contribution in [2.45, 2.75) is 25.2 Å². The first-order chi connectivity index (χ1) is 4.62. The van der Waals surface area contributed by atoms with Crippen LogP contribution in [0, 0.1) is 11.3 Å². The van der Waals surface area contributed by atoms with Gasteiger partial charge in [0.2, 0.25) is 0 Å². The van der Waals surface area contributed by atoms with Gasteiger partial charge in [0.25, 0.3) is 5.92 Å². The summed E-state index contributed by atoms with van der Waals surface area (Å²) >= 11 is 0. The standard InChI is InChI=1S/C7H10F2O/c8-7(9)3-5(4-10)6(7)1-2-6/h5,10H,1-4H2. The van der Waals surface area contributed by atoms with Crippen LogP contribution in [0.1, 0.15) is 19.3 Å². The van der Waals surface area contributed by atoms with Crippen molar-refractivity contribution in [3.05, 3.63) is 0 Å².